The van der Waals surface area contributed by atoms with E-state index in [4.69, 9.17) is 9.84 Å². The molecule has 2 aromatic carbocycles. The van der Waals surface area contributed by atoms with Crippen LogP contribution in [0.25, 0.3) is 0 Å². The molecule has 1 saturated heterocycles. The summed E-state index contributed by atoms with van der Waals surface area (Å²) in [5.74, 6) is -1.34. The van der Waals surface area contributed by atoms with Gasteiger partial charge in [0.25, 0.3) is 0 Å². The standard InChI is InChI=1S/C22H22FNO4/c1-3-12-22(18-8-10-19(23)11-9-18)13-14-24(21(27)28-22)15(2)16-4-6-17(7-5-16)20(25)26/h3-11,15H,1,12-14H2,2H3,(H,25,26)/t15-,22?/m0/s1. The molecule has 0 spiro atoms. The van der Waals surface area contributed by atoms with Crippen LogP contribution in [-0.4, -0.2) is 28.6 Å². The van der Waals surface area contributed by atoms with Crippen LogP contribution < -0.4 is 0 Å². The Balaban J connectivity index is 1.80. The van der Waals surface area contributed by atoms with Crippen LogP contribution in [0.3, 0.4) is 0 Å². The first-order valence-electron chi connectivity index (χ1n) is 9.06. The van der Waals surface area contributed by atoms with Gasteiger partial charge < -0.3 is 14.7 Å². The first-order valence-corrected chi connectivity index (χ1v) is 9.06. The van der Waals surface area contributed by atoms with Crippen molar-refractivity contribution < 1.29 is 23.8 Å². The molecule has 0 aliphatic carbocycles. The maximum absolute atomic E-state index is 13.3. The van der Waals surface area contributed by atoms with E-state index in [1.807, 2.05) is 6.92 Å². The summed E-state index contributed by atoms with van der Waals surface area (Å²) in [5, 5.41) is 9.02. The molecular formula is C22H22FNO4. The maximum atomic E-state index is 13.3. The van der Waals surface area contributed by atoms with Crippen molar-refractivity contribution in [3.8, 4) is 0 Å². The fraction of sp³-hybridized carbons (Fsp3) is 0.273. The second kappa shape index (κ2) is 7.84. The predicted molar refractivity (Wildman–Crippen MR) is 103 cm³/mol. The zero-order valence-electron chi connectivity index (χ0n) is 15.6. The summed E-state index contributed by atoms with van der Waals surface area (Å²) >= 11 is 0. The van der Waals surface area contributed by atoms with E-state index in [2.05, 4.69) is 6.58 Å². The summed E-state index contributed by atoms with van der Waals surface area (Å²) in [5.41, 5.74) is 0.884. The van der Waals surface area contributed by atoms with E-state index in [1.165, 1.54) is 24.3 Å². The molecule has 0 radical (unpaired) electrons. The number of hydrogen-bond acceptors (Lipinski definition) is 3. The summed E-state index contributed by atoms with van der Waals surface area (Å²) in [4.78, 5) is 25.4. The van der Waals surface area contributed by atoms with E-state index in [1.54, 1.807) is 35.2 Å². The van der Waals surface area contributed by atoms with E-state index in [0.29, 0.717) is 19.4 Å². The monoisotopic (exact) mass is 383 g/mol. The van der Waals surface area contributed by atoms with E-state index in [0.717, 1.165) is 11.1 Å². The fourth-order valence-electron chi connectivity index (χ4n) is 3.56. The van der Waals surface area contributed by atoms with Gasteiger partial charge in [-0.2, -0.15) is 0 Å². The van der Waals surface area contributed by atoms with Gasteiger partial charge in [-0.15, -0.1) is 6.58 Å². The van der Waals surface area contributed by atoms with E-state index >= 15 is 0 Å². The molecule has 1 aliphatic rings. The zero-order chi connectivity index (χ0) is 20.3. The molecule has 1 aliphatic heterocycles. The van der Waals surface area contributed by atoms with Crippen LogP contribution in [0.5, 0.6) is 0 Å². The Morgan fingerprint density at radius 3 is 2.46 bits per heavy atom. The number of amides is 1. The second-order valence-corrected chi connectivity index (χ2v) is 6.91. The van der Waals surface area contributed by atoms with E-state index in [-0.39, 0.29) is 17.4 Å². The number of aromatic carboxylic acids is 1. The number of hydrogen-bond donors (Lipinski definition) is 1. The predicted octanol–water partition coefficient (Wildman–Crippen LogP) is 4.90. The van der Waals surface area contributed by atoms with Crippen LogP contribution in [0.4, 0.5) is 9.18 Å². The molecule has 28 heavy (non-hydrogen) atoms. The average molecular weight is 383 g/mol. The minimum absolute atomic E-state index is 0.193. The van der Waals surface area contributed by atoms with E-state index in [9.17, 15) is 14.0 Å². The van der Waals surface area contributed by atoms with Gasteiger partial charge in [-0.3, -0.25) is 0 Å². The van der Waals surface area contributed by atoms with Gasteiger partial charge in [-0.05, 0) is 42.3 Å². The SMILES string of the molecule is C=CCC1(c2ccc(F)cc2)CCN([C@@H](C)c2ccc(C(=O)O)cc2)C(=O)O1. The van der Waals surface area contributed by atoms with Gasteiger partial charge in [0.1, 0.15) is 11.4 Å². The third-order valence-corrected chi connectivity index (χ3v) is 5.23. The van der Waals surface area contributed by atoms with E-state index < -0.39 is 17.7 Å². The summed E-state index contributed by atoms with van der Waals surface area (Å²) in [7, 11) is 0. The number of carbonyl (C=O) groups is 2. The number of halogens is 1. The van der Waals surface area contributed by atoms with Gasteiger partial charge in [0.2, 0.25) is 0 Å². The van der Waals surface area contributed by atoms with Crippen LogP contribution in [-0.2, 0) is 10.3 Å². The van der Waals surface area contributed by atoms with Crippen molar-refractivity contribution in [2.24, 2.45) is 0 Å². The Morgan fingerprint density at radius 2 is 1.93 bits per heavy atom. The average Bonchev–Trinajstić information content (AvgIpc) is 2.68. The van der Waals surface area contributed by atoms with Crippen molar-refractivity contribution in [1.82, 2.24) is 4.90 Å². The van der Waals surface area contributed by atoms with Crippen LogP contribution >= 0.6 is 0 Å². The molecule has 2 aromatic rings. The molecule has 0 bridgehead atoms. The Labute approximate surface area is 163 Å². The third-order valence-electron chi connectivity index (χ3n) is 5.23. The minimum atomic E-state index is -0.995. The number of ether oxygens (including phenoxy) is 1. The van der Waals surface area contributed by atoms with Gasteiger partial charge >= 0.3 is 12.1 Å². The van der Waals surface area contributed by atoms with Crippen LogP contribution in [0.2, 0.25) is 0 Å². The lowest BCUT2D eigenvalue weighted by molar-refractivity contribution is -0.0588. The van der Waals surface area contributed by atoms with Crippen LogP contribution in [0.15, 0.2) is 61.2 Å². The molecule has 0 aromatic heterocycles. The van der Waals surface area contributed by atoms with Crippen molar-refractivity contribution in [1.29, 1.82) is 0 Å². The number of benzene rings is 2. The molecule has 146 valence electrons. The highest BCUT2D eigenvalue weighted by molar-refractivity contribution is 5.87. The lowest BCUT2D eigenvalue weighted by atomic mass is 9.85. The molecule has 1 heterocycles. The van der Waals surface area contributed by atoms with Gasteiger partial charge in [0.15, 0.2) is 0 Å². The summed E-state index contributed by atoms with van der Waals surface area (Å²) in [6.45, 7) is 6.09. The van der Waals surface area contributed by atoms with Crippen molar-refractivity contribution in [2.45, 2.75) is 31.4 Å². The molecule has 1 amide bonds. The van der Waals surface area contributed by atoms with Gasteiger partial charge in [-0.25, -0.2) is 14.0 Å². The zero-order valence-corrected chi connectivity index (χ0v) is 15.6. The lowest BCUT2D eigenvalue weighted by Crippen LogP contribution is -2.48. The second-order valence-electron chi connectivity index (χ2n) is 6.91. The Kier molecular flexibility index (Phi) is 5.49. The van der Waals surface area contributed by atoms with Crippen molar-refractivity contribution in [3.05, 3.63) is 83.7 Å². The maximum Gasteiger partial charge on any atom is 0.411 e. The Hall–Kier alpha value is -3.15. The molecule has 1 unspecified atom stereocenters. The molecule has 5 nitrogen and oxygen atoms in total. The topological polar surface area (TPSA) is 66.8 Å². The molecule has 2 atom stereocenters. The van der Waals surface area contributed by atoms with Crippen LogP contribution in [0, 0.1) is 5.82 Å². The number of rotatable bonds is 6. The Morgan fingerprint density at radius 1 is 1.29 bits per heavy atom. The molecule has 1 N–H and O–H groups in total. The third kappa shape index (κ3) is 3.76. The summed E-state index contributed by atoms with van der Waals surface area (Å²) in [6.07, 6.45) is 2.20. The highest BCUT2D eigenvalue weighted by Crippen LogP contribution is 2.39. The number of carbonyl (C=O) groups excluding carboxylic acids is 1. The number of carboxylic acid groups (broad SMARTS) is 1. The van der Waals surface area contributed by atoms with Crippen molar-refractivity contribution >= 4 is 12.1 Å². The van der Waals surface area contributed by atoms with Crippen molar-refractivity contribution in [3.63, 3.8) is 0 Å². The summed E-state index contributed by atoms with van der Waals surface area (Å²) in [6, 6.07) is 12.1. The highest BCUT2D eigenvalue weighted by atomic mass is 19.1. The fourth-order valence-corrected chi connectivity index (χ4v) is 3.56. The molecule has 1 fully saturated rings. The lowest BCUT2D eigenvalue weighted by Gasteiger charge is -2.43. The molecular weight excluding hydrogens is 361 g/mol. The molecule has 6 heteroatoms. The normalized spacial score (nSPS) is 20.4. The Bertz CT molecular complexity index is 878. The first kappa shape index (κ1) is 19.6. The smallest absolute Gasteiger partial charge is 0.411 e. The minimum Gasteiger partial charge on any atom is -0.478 e. The van der Waals surface area contributed by atoms with Crippen molar-refractivity contribution in [2.75, 3.05) is 6.54 Å². The number of cyclic esters (lactones) is 1. The molecule has 0 saturated carbocycles. The number of carboxylic acids is 1. The molecule has 3 rings (SSSR count). The van der Waals surface area contributed by atoms with Gasteiger partial charge in [0, 0.05) is 19.4 Å². The summed E-state index contributed by atoms with van der Waals surface area (Å²) < 4.78 is 19.2. The number of nitrogens with zero attached hydrogens (tertiary/aromatic N) is 1. The van der Waals surface area contributed by atoms with Crippen LogP contribution in [0.1, 0.15) is 47.3 Å². The first-order chi connectivity index (χ1) is 13.4. The largest absolute Gasteiger partial charge is 0.478 e. The van der Waals surface area contributed by atoms with Gasteiger partial charge in [0.05, 0.1) is 11.6 Å². The highest BCUT2D eigenvalue weighted by Gasteiger charge is 2.42. The van der Waals surface area contributed by atoms with Gasteiger partial charge in [-0.1, -0.05) is 30.3 Å². The quantitative estimate of drug-likeness (QED) is 0.721.